The summed E-state index contributed by atoms with van der Waals surface area (Å²) in [5.74, 6) is 0.625. The van der Waals surface area contributed by atoms with Crippen molar-refractivity contribution in [1.29, 1.82) is 0 Å². The second-order valence-electron chi connectivity index (χ2n) is 5.90. The lowest BCUT2D eigenvalue weighted by Crippen LogP contribution is -2.49. The van der Waals surface area contributed by atoms with Crippen LogP contribution in [0.25, 0.3) is 0 Å². The van der Waals surface area contributed by atoms with E-state index in [4.69, 9.17) is 18.6 Å². The van der Waals surface area contributed by atoms with Crippen LogP contribution >= 0.6 is 0 Å². The van der Waals surface area contributed by atoms with E-state index in [-0.39, 0.29) is 20.0 Å². The SMILES string of the molecule is C1CCC(C(B2OCCCO2)B2OCCCO2)CC1. The van der Waals surface area contributed by atoms with Crippen LogP contribution in [0.4, 0.5) is 0 Å². The summed E-state index contributed by atoms with van der Waals surface area (Å²) in [5, 5.41) is 0. The molecule has 3 fully saturated rings. The Bertz CT molecular complexity index is 219. The van der Waals surface area contributed by atoms with Crippen molar-refractivity contribution in [3.05, 3.63) is 0 Å². The van der Waals surface area contributed by atoms with Crippen molar-refractivity contribution in [2.75, 3.05) is 26.4 Å². The van der Waals surface area contributed by atoms with Gasteiger partial charge >= 0.3 is 14.2 Å². The van der Waals surface area contributed by atoms with Gasteiger partial charge in [0.1, 0.15) is 0 Å². The molecule has 0 aromatic carbocycles. The first kappa shape index (κ1) is 13.9. The molecular weight excluding hydrogens is 242 g/mol. The maximum Gasteiger partial charge on any atom is 0.458 e. The summed E-state index contributed by atoms with van der Waals surface area (Å²) in [5.41, 5.74) is 0.251. The minimum absolute atomic E-state index is 0.125. The van der Waals surface area contributed by atoms with Crippen LogP contribution in [-0.4, -0.2) is 40.7 Å². The van der Waals surface area contributed by atoms with Crippen LogP contribution in [0.5, 0.6) is 0 Å². The molecule has 2 aliphatic heterocycles. The Labute approximate surface area is 116 Å². The summed E-state index contributed by atoms with van der Waals surface area (Å²) in [7, 11) is -0.250. The predicted octanol–water partition coefficient (Wildman–Crippen LogP) is 2.33. The molecular formula is C13H24B2O4. The molecule has 0 bridgehead atoms. The van der Waals surface area contributed by atoms with E-state index in [1.165, 1.54) is 32.1 Å². The first-order chi connectivity index (χ1) is 9.45. The van der Waals surface area contributed by atoms with E-state index >= 15 is 0 Å². The third-order valence-corrected chi connectivity index (χ3v) is 4.53. The van der Waals surface area contributed by atoms with Crippen LogP contribution in [0.15, 0.2) is 0 Å². The van der Waals surface area contributed by atoms with Crippen molar-refractivity contribution < 1.29 is 18.6 Å². The molecule has 0 radical (unpaired) electrons. The Morgan fingerprint density at radius 2 is 1.11 bits per heavy atom. The molecule has 3 rings (SSSR count). The molecule has 19 heavy (non-hydrogen) atoms. The average molecular weight is 266 g/mol. The second-order valence-corrected chi connectivity index (χ2v) is 5.90. The monoisotopic (exact) mass is 266 g/mol. The zero-order chi connectivity index (χ0) is 12.9. The molecule has 2 saturated heterocycles. The number of hydrogen-bond acceptors (Lipinski definition) is 4. The van der Waals surface area contributed by atoms with E-state index in [9.17, 15) is 0 Å². The Balaban J connectivity index is 1.68. The van der Waals surface area contributed by atoms with E-state index in [0.717, 1.165) is 39.3 Å². The standard InChI is InChI=1S/C13H24B2O4/c1-2-6-12(7-3-1)13(14-16-8-4-9-17-14)15-18-10-5-11-19-15/h12-13H,1-11H2. The lowest BCUT2D eigenvalue weighted by atomic mass is 9.44. The third kappa shape index (κ3) is 3.54. The minimum Gasteiger partial charge on any atom is -0.411 e. The predicted molar refractivity (Wildman–Crippen MR) is 74.9 cm³/mol. The van der Waals surface area contributed by atoms with Crippen molar-refractivity contribution >= 4 is 14.2 Å². The van der Waals surface area contributed by atoms with Crippen molar-refractivity contribution in [2.24, 2.45) is 5.92 Å². The molecule has 106 valence electrons. The quantitative estimate of drug-likeness (QED) is 0.734. The van der Waals surface area contributed by atoms with Gasteiger partial charge in [0.15, 0.2) is 0 Å². The van der Waals surface area contributed by atoms with Crippen LogP contribution in [-0.2, 0) is 18.6 Å². The van der Waals surface area contributed by atoms with Gasteiger partial charge in [-0.15, -0.1) is 0 Å². The van der Waals surface area contributed by atoms with Gasteiger partial charge in [-0.3, -0.25) is 0 Å². The molecule has 1 aliphatic carbocycles. The van der Waals surface area contributed by atoms with E-state index in [2.05, 4.69) is 0 Å². The van der Waals surface area contributed by atoms with Crippen LogP contribution in [0.3, 0.4) is 0 Å². The largest absolute Gasteiger partial charge is 0.458 e. The van der Waals surface area contributed by atoms with Gasteiger partial charge in [-0.2, -0.15) is 0 Å². The molecule has 6 heteroatoms. The summed E-state index contributed by atoms with van der Waals surface area (Å²) in [4.78, 5) is 0. The molecule has 1 saturated carbocycles. The maximum absolute atomic E-state index is 5.86. The zero-order valence-electron chi connectivity index (χ0n) is 11.7. The van der Waals surface area contributed by atoms with Crippen molar-refractivity contribution in [3.8, 4) is 0 Å². The Morgan fingerprint density at radius 1 is 0.632 bits per heavy atom. The fourth-order valence-corrected chi connectivity index (χ4v) is 3.55. The number of rotatable bonds is 3. The highest BCUT2D eigenvalue weighted by Crippen LogP contribution is 2.39. The Hall–Kier alpha value is -0.0301. The zero-order valence-corrected chi connectivity index (χ0v) is 11.7. The lowest BCUT2D eigenvalue weighted by molar-refractivity contribution is 0.0973. The van der Waals surface area contributed by atoms with Gasteiger partial charge in [0, 0.05) is 32.1 Å². The molecule has 2 heterocycles. The highest BCUT2D eigenvalue weighted by Gasteiger charge is 2.48. The van der Waals surface area contributed by atoms with Crippen LogP contribution < -0.4 is 0 Å². The van der Waals surface area contributed by atoms with E-state index < -0.39 is 0 Å². The fraction of sp³-hybridized carbons (Fsp3) is 1.00. The topological polar surface area (TPSA) is 36.9 Å². The Kier molecular flexibility index (Phi) is 5.22. The van der Waals surface area contributed by atoms with Gasteiger partial charge in [0.05, 0.1) is 0 Å². The molecule has 0 spiro atoms. The van der Waals surface area contributed by atoms with Gasteiger partial charge in [0.25, 0.3) is 0 Å². The summed E-state index contributed by atoms with van der Waals surface area (Å²) >= 11 is 0. The van der Waals surface area contributed by atoms with Crippen LogP contribution in [0, 0.1) is 5.92 Å². The molecule has 4 nitrogen and oxygen atoms in total. The molecule has 0 atom stereocenters. The molecule has 0 aromatic heterocycles. The minimum atomic E-state index is -0.125. The second kappa shape index (κ2) is 7.11. The molecule has 0 N–H and O–H groups in total. The highest BCUT2D eigenvalue weighted by atomic mass is 16.6. The van der Waals surface area contributed by atoms with E-state index in [1.54, 1.807) is 0 Å². The summed E-state index contributed by atoms with van der Waals surface area (Å²) in [6.45, 7) is 3.22. The van der Waals surface area contributed by atoms with Crippen molar-refractivity contribution in [3.63, 3.8) is 0 Å². The fourth-order valence-electron chi connectivity index (χ4n) is 3.55. The molecule has 3 aliphatic rings. The van der Waals surface area contributed by atoms with Gasteiger partial charge in [0.2, 0.25) is 0 Å². The summed E-state index contributed by atoms with van der Waals surface area (Å²) < 4.78 is 23.5. The molecule has 0 amide bonds. The third-order valence-electron chi connectivity index (χ3n) is 4.53. The molecule has 0 aromatic rings. The van der Waals surface area contributed by atoms with Crippen LogP contribution in [0.2, 0.25) is 5.72 Å². The van der Waals surface area contributed by atoms with Gasteiger partial charge in [-0.05, 0) is 18.8 Å². The maximum atomic E-state index is 5.86. The first-order valence-corrected chi connectivity index (χ1v) is 7.91. The highest BCUT2D eigenvalue weighted by molar-refractivity contribution is 6.67. The Morgan fingerprint density at radius 3 is 1.58 bits per heavy atom. The summed E-state index contributed by atoms with van der Waals surface area (Å²) in [6, 6.07) is 0. The van der Waals surface area contributed by atoms with Gasteiger partial charge in [-0.1, -0.05) is 32.1 Å². The van der Waals surface area contributed by atoms with E-state index in [1.807, 2.05) is 0 Å². The van der Waals surface area contributed by atoms with Gasteiger partial charge < -0.3 is 18.6 Å². The smallest absolute Gasteiger partial charge is 0.411 e. The normalized spacial score (nSPS) is 27.0. The average Bonchev–Trinajstić information content (AvgIpc) is 2.51. The van der Waals surface area contributed by atoms with Gasteiger partial charge in [-0.25, -0.2) is 0 Å². The summed E-state index contributed by atoms with van der Waals surface area (Å²) in [6.07, 6.45) is 8.53. The molecule has 0 unspecified atom stereocenters. The van der Waals surface area contributed by atoms with Crippen molar-refractivity contribution in [1.82, 2.24) is 0 Å². The lowest BCUT2D eigenvalue weighted by Gasteiger charge is -2.37. The number of hydrogen-bond donors (Lipinski definition) is 0. The first-order valence-electron chi connectivity index (χ1n) is 7.91. The van der Waals surface area contributed by atoms with Crippen molar-refractivity contribution in [2.45, 2.75) is 50.7 Å². The van der Waals surface area contributed by atoms with E-state index in [0.29, 0.717) is 5.92 Å². The van der Waals surface area contributed by atoms with Crippen LogP contribution in [0.1, 0.15) is 44.9 Å².